The van der Waals surface area contributed by atoms with Gasteiger partial charge in [0.25, 0.3) is 0 Å². The molecule has 0 bridgehead atoms. The molecule has 3 nitrogen and oxygen atoms in total. The van der Waals surface area contributed by atoms with E-state index in [0.29, 0.717) is 11.4 Å². The number of rotatable bonds is 4. The van der Waals surface area contributed by atoms with Crippen molar-refractivity contribution in [2.75, 3.05) is 6.61 Å². The van der Waals surface area contributed by atoms with Gasteiger partial charge in [0.05, 0.1) is 12.1 Å². The van der Waals surface area contributed by atoms with Crippen LogP contribution in [-0.2, 0) is 11.2 Å². The number of benzene rings is 1. The van der Waals surface area contributed by atoms with E-state index < -0.39 is 0 Å². The van der Waals surface area contributed by atoms with E-state index in [0.717, 1.165) is 25.0 Å². The zero-order valence-electron chi connectivity index (χ0n) is 9.46. The number of nitrogens with one attached hydrogen (secondary N) is 1. The molecular formula is C12H16ClFN2O. The minimum atomic E-state index is -0.285. The highest BCUT2D eigenvalue weighted by Crippen LogP contribution is 2.23. The van der Waals surface area contributed by atoms with Crippen LogP contribution in [0.1, 0.15) is 18.4 Å². The fraction of sp³-hybridized carbons (Fsp3) is 0.500. The van der Waals surface area contributed by atoms with Crippen LogP contribution >= 0.6 is 11.6 Å². The number of hydrazine groups is 1. The van der Waals surface area contributed by atoms with E-state index in [1.807, 2.05) is 0 Å². The third-order valence-corrected chi connectivity index (χ3v) is 3.44. The van der Waals surface area contributed by atoms with Gasteiger partial charge < -0.3 is 4.74 Å². The van der Waals surface area contributed by atoms with Crippen LogP contribution in [0.3, 0.4) is 0 Å². The van der Waals surface area contributed by atoms with Gasteiger partial charge in [-0.3, -0.25) is 11.3 Å². The van der Waals surface area contributed by atoms with E-state index in [2.05, 4.69) is 5.43 Å². The summed E-state index contributed by atoms with van der Waals surface area (Å²) in [6.45, 7) is 0.764. The second kappa shape index (κ2) is 5.78. The van der Waals surface area contributed by atoms with Crippen molar-refractivity contribution in [3.05, 3.63) is 34.6 Å². The highest BCUT2D eigenvalue weighted by atomic mass is 35.5. The van der Waals surface area contributed by atoms with Crippen molar-refractivity contribution in [2.45, 2.75) is 31.4 Å². The molecule has 17 heavy (non-hydrogen) atoms. The van der Waals surface area contributed by atoms with Gasteiger partial charge in [-0.1, -0.05) is 11.6 Å². The van der Waals surface area contributed by atoms with Crippen molar-refractivity contribution in [3.63, 3.8) is 0 Å². The average molecular weight is 259 g/mol. The van der Waals surface area contributed by atoms with Crippen LogP contribution in [0.15, 0.2) is 18.2 Å². The van der Waals surface area contributed by atoms with Crippen molar-refractivity contribution < 1.29 is 9.13 Å². The predicted octanol–water partition coefficient (Wildman–Crippen LogP) is 2.03. The Hall–Kier alpha value is -0.680. The van der Waals surface area contributed by atoms with Crippen LogP contribution in [0.25, 0.3) is 0 Å². The molecule has 1 aromatic carbocycles. The zero-order valence-corrected chi connectivity index (χ0v) is 10.2. The Morgan fingerprint density at radius 1 is 1.59 bits per heavy atom. The molecule has 5 heteroatoms. The number of hydrogen-bond acceptors (Lipinski definition) is 3. The predicted molar refractivity (Wildman–Crippen MR) is 65.2 cm³/mol. The molecule has 0 saturated carbocycles. The quantitative estimate of drug-likeness (QED) is 0.642. The van der Waals surface area contributed by atoms with E-state index >= 15 is 0 Å². The number of halogens is 2. The third-order valence-electron chi connectivity index (χ3n) is 3.08. The molecule has 1 aromatic rings. The lowest BCUT2D eigenvalue weighted by molar-refractivity contribution is 0.0784. The maximum Gasteiger partial charge on any atom is 0.123 e. The first kappa shape index (κ1) is 12.8. The first-order chi connectivity index (χ1) is 8.20. The first-order valence-corrected chi connectivity index (χ1v) is 6.10. The van der Waals surface area contributed by atoms with Gasteiger partial charge >= 0.3 is 0 Å². The van der Waals surface area contributed by atoms with Gasteiger partial charge in [-0.25, -0.2) is 4.39 Å². The van der Waals surface area contributed by atoms with E-state index in [1.54, 1.807) is 6.07 Å². The van der Waals surface area contributed by atoms with Crippen LogP contribution < -0.4 is 11.3 Å². The fourth-order valence-corrected chi connectivity index (χ4v) is 2.35. The lowest BCUT2D eigenvalue weighted by atomic mass is 10.00. The Bertz CT molecular complexity index is 383. The summed E-state index contributed by atoms with van der Waals surface area (Å²) in [5.74, 6) is 5.24. The number of nitrogens with two attached hydrogens (primary N) is 1. The third kappa shape index (κ3) is 3.16. The SMILES string of the molecule is NNC(Cc1cc(F)ccc1Cl)C1CCCO1. The Morgan fingerprint density at radius 3 is 3.06 bits per heavy atom. The molecule has 0 radical (unpaired) electrons. The van der Waals surface area contributed by atoms with Gasteiger partial charge in [0.1, 0.15) is 5.82 Å². The normalized spacial score (nSPS) is 21.7. The summed E-state index contributed by atoms with van der Waals surface area (Å²) in [5, 5.41) is 0.560. The monoisotopic (exact) mass is 258 g/mol. The number of hydrogen-bond donors (Lipinski definition) is 2. The molecule has 1 aliphatic heterocycles. The Labute approximate surface area is 105 Å². The maximum absolute atomic E-state index is 13.1. The summed E-state index contributed by atoms with van der Waals surface area (Å²) in [6.07, 6.45) is 2.67. The van der Waals surface area contributed by atoms with E-state index in [9.17, 15) is 4.39 Å². The van der Waals surface area contributed by atoms with Gasteiger partial charge in [0, 0.05) is 11.6 Å². The van der Waals surface area contributed by atoms with Crippen molar-refractivity contribution in [1.29, 1.82) is 0 Å². The second-order valence-corrected chi connectivity index (χ2v) is 4.67. The molecule has 1 fully saturated rings. The molecule has 0 amide bonds. The van der Waals surface area contributed by atoms with Gasteiger partial charge in [-0.05, 0) is 43.0 Å². The van der Waals surface area contributed by atoms with E-state index in [4.69, 9.17) is 22.2 Å². The lowest BCUT2D eigenvalue weighted by Gasteiger charge is -2.22. The summed E-state index contributed by atoms with van der Waals surface area (Å²) in [6, 6.07) is 4.33. The molecule has 1 aliphatic rings. The lowest BCUT2D eigenvalue weighted by Crippen LogP contribution is -2.45. The molecule has 0 spiro atoms. The van der Waals surface area contributed by atoms with Crippen molar-refractivity contribution in [3.8, 4) is 0 Å². The smallest absolute Gasteiger partial charge is 0.123 e. The van der Waals surface area contributed by atoms with Crippen LogP contribution in [0.4, 0.5) is 4.39 Å². The van der Waals surface area contributed by atoms with Crippen molar-refractivity contribution in [2.24, 2.45) is 5.84 Å². The van der Waals surface area contributed by atoms with Gasteiger partial charge in [0.15, 0.2) is 0 Å². The standard InChI is InChI=1S/C12H16ClFN2O/c13-10-4-3-9(14)6-8(10)7-11(16-15)12-2-1-5-17-12/h3-4,6,11-12,16H,1-2,5,7,15H2. The van der Waals surface area contributed by atoms with Gasteiger partial charge in [-0.15, -0.1) is 0 Å². The molecule has 3 N–H and O–H groups in total. The molecular weight excluding hydrogens is 243 g/mol. The Kier molecular flexibility index (Phi) is 4.34. The highest BCUT2D eigenvalue weighted by molar-refractivity contribution is 6.31. The van der Waals surface area contributed by atoms with Crippen molar-refractivity contribution in [1.82, 2.24) is 5.43 Å². The topological polar surface area (TPSA) is 47.3 Å². The van der Waals surface area contributed by atoms with Crippen molar-refractivity contribution >= 4 is 11.6 Å². The van der Waals surface area contributed by atoms with Crippen LogP contribution in [-0.4, -0.2) is 18.8 Å². The second-order valence-electron chi connectivity index (χ2n) is 4.26. The summed E-state index contributed by atoms with van der Waals surface area (Å²) < 4.78 is 18.7. The fourth-order valence-electron chi connectivity index (χ4n) is 2.15. The molecule has 0 aliphatic carbocycles. The molecule has 1 heterocycles. The molecule has 94 valence electrons. The van der Waals surface area contributed by atoms with Crippen LogP contribution in [0.5, 0.6) is 0 Å². The van der Waals surface area contributed by atoms with Crippen LogP contribution in [0, 0.1) is 5.82 Å². The molecule has 0 aromatic heterocycles. The van der Waals surface area contributed by atoms with Gasteiger partial charge in [0.2, 0.25) is 0 Å². The minimum Gasteiger partial charge on any atom is -0.377 e. The summed E-state index contributed by atoms with van der Waals surface area (Å²) in [4.78, 5) is 0. The Balaban J connectivity index is 2.09. The largest absolute Gasteiger partial charge is 0.377 e. The van der Waals surface area contributed by atoms with E-state index in [-0.39, 0.29) is 18.0 Å². The molecule has 2 unspecified atom stereocenters. The highest BCUT2D eigenvalue weighted by Gasteiger charge is 2.25. The molecule has 2 atom stereocenters. The molecule has 2 rings (SSSR count). The maximum atomic E-state index is 13.1. The molecule has 1 saturated heterocycles. The van der Waals surface area contributed by atoms with Crippen LogP contribution in [0.2, 0.25) is 5.02 Å². The summed E-state index contributed by atoms with van der Waals surface area (Å²) >= 11 is 6.03. The first-order valence-electron chi connectivity index (χ1n) is 5.72. The number of ether oxygens (including phenoxy) is 1. The Morgan fingerprint density at radius 2 is 2.41 bits per heavy atom. The summed E-state index contributed by atoms with van der Waals surface area (Å²) in [5.41, 5.74) is 3.49. The minimum absolute atomic E-state index is 0.0307. The summed E-state index contributed by atoms with van der Waals surface area (Å²) in [7, 11) is 0. The van der Waals surface area contributed by atoms with Gasteiger partial charge in [-0.2, -0.15) is 0 Å². The zero-order chi connectivity index (χ0) is 12.3. The van der Waals surface area contributed by atoms with E-state index in [1.165, 1.54) is 12.1 Å². The average Bonchev–Trinajstić information content (AvgIpc) is 2.84.